The number of carbonyl (C=O) groups is 2. The molecule has 2 rings (SSSR count). The maximum absolute atomic E-state index is 13.1. The van der Waals surface area contributed by atoms with Crippen LogP contribution in [0.4, 0.5) is 0 Å². The van der Waals surface area contributed by atoms with Gasteiger partial charge in [0.1, 0.15) is 6.04 Å². The normalized spacial score (nSPS) is 11.8. The number of likely N-dealkylation sites (N-methyl/N-ethyl adjacent to an activating group) is 1. The highest BCUT2D eigenvalue weighted by atomic mass is 79.9. The summed E-state index contributed by atoms with van der Waals surface area (Å²) < 4.78 is 1.02. The number of hydrogen-bond acceptors (Lipinski definition) is 3. The van der Waals surface area contributed by atoms with Crippen LogP contribution in [0.1, 0.15) is 31.4 Å². The van der Waals surface area contributed by atoms with Gasteiger partial charge in [-0.05, 0) is 48.7 Å². The smallest absolute Gasteiger partial charge is 0.242 e. The molecule has 0 saturated carbocycles. The van der Waals surface area contributed by atoms with Crippen molar-refractivity contribution >= 4 is 62.7 Å². The van der Waals surface area contributed by atoms with Crippen LogP contribution in [-0.4, -0.2) is 35.1 Å². The highest BCUT2D eigenvalue weighted by molar-refractivity contribution is 9.10. The Morgan fingerprint density at radius 2 is 1.73 bits per heavy atom. The largest absolute Gasteiger partial charge is 0.355 e. The van der Waals surface area contributed by atoms with Crippen molar-refractivity contribution in [3.63, 3.8) is 0 Å². The first-order valence-corrected chi connectivity index (χ1v) is 12.4. The summed E-state index contributed by atoms with van der Waals surface area (Å²) >= 11 is 17.1. The molecule has 0 unspecified atom stereocenters. The summed E-state index contributed by atoms with van der Waals surface area (Å²) in [4.78, 5) is 27.3. The number of nitrogens with one attached hydrogen (secondary N) is 1. The second-order valence-electron chi connectivity index (χ2n) is 6.71. The van der Waals surface area contributed by atoms with Crippen LogP contribution in [0, 0.1) is 0 Å². The number of carbonyl (C=O) groups excluding carboxylic acids is 2. The molecule has 0 aromatic heterocycles. The fraction of sp³-hybridized carbons (Fsp3) is 0.364. The summed E-state index contributed by atoms with van der Waals surface area (Å²) in [5.41, 5.74) is 1.97. The molecule has 0 heterocycles. The molecule has 4 nitrogen and oxygen atoms in total. The fourth-order valence-electron chi connectivity index (χ4n) is 2.97. The number of nitrogens with zero attached hydrogens (tertiary/aromatic N) is 1. The Labute approximate surface area is 200 Å². The Hall–Kier alpha value is -1.21. The van der Waals surface area contributed by atoms with Crippen molar-refractivity contribution in [2.45, 2.75) is 38.6 Å². The molecule has 0 aliphatic heterocycles. The van der Waals surface area contributed by atoms with Crippen molar-refractivity contribution in [3.8, 4) is 0 Å². The Balaban J connectivity index is 2.13. The Morgan fingerprint density at radius 1 is 1.07 bits per heavy atom. The molecule has 0 saturated heterocycles. The SMILES string of the molecule is CCNC(=O)[C@@H](CC)N(Cc1ccc(Cl)c(Cl)c1)C(=O)CSCc1ccc(Br)cc1. The predicted octanol–water partition coefficient (Wildman–Crippen LogP) is 5.93. The minimum atomic E-state index is -0.541. The van der Waals surface area contributed by atoms with Crippen LogP contribution >= 0.6 is 50.9 Å². The molecule has 0 radical (unpaired) electrons. The first-order valence-electron chi connectivity index (χ1n) is 9.69. The van der Waals surface area contributed by atoms with Gasteiger partial charge in [0.25, 0.3) is 0 Å². The Bertz CT molecular complexity index is 865. The first kappa shape index (κ1) is 25.1. The van der Waals surface area contributed by atoms with Gasteiger partial charge >= 0.3 is 0 Å². The Morgan fingerprint density at radius 3 is 2.33 bits per heavy atom. The molecule has 8 heteroatoms. The molecule has 162 valence electrons. The molecule has 0 bridgehead atoms. The average Bonchev–Trinajstić information content (AvgIpc) is 2.72. The molecule has 2 amide bonds. The highest BCUT2D eigenvalue weighted by Crippen LogP contribution is 2.24. The fourth-order valence-corrected chi connectivity index (χ4v) is 4.42. The topological polar surface area (TPSA) is 49.4 Å². The standard InChI is InChI=1S/C22H25BrCl2N2O2S/c1-3-20(22(29)26-4-2)27(12-16-7-10-18(24)19(25)11-16)21(28)14-30-13-15-5-8-17(23)9-6-15/h5-11,20H,3-4,12-14H2,1-2H3,(H,26,29)/t20-/m1/s1. The maximum Gasteiger partial charge on any atom is 0.242 e. The van der Waals surface area contributed by atoms with Crippen LogP contribution < -0.4 is 5.32 Å². The Kier molecular flexibility index (Phi) is 10.5. The molecule has 2 aromatic rings. The van der Waals surface area contributed by atoms with E-state index in [9.17, 15) is 9.59 Å². The van der Waals surface area contributed by atoms with Crippen molar-refractivity contribution in [1.29, 1.82) is 0 Å². The zero-order chi connectivity index (χ0) is 22.1. The van der Waals surface area contributed by atoms with Gasteiger partial charge in [-0.25, -0.2) is 0 Å². The molecule has 0 aliphatic carbocycles. The van der Waals surface area contributed by atoms with Gasteiger partial charge in [0.15, 0.2) is 0 Å². The maximum atomic E-state index is 13.1. The van der Waals surface area contributed by atoms with Gasteiger partial charge in [-0.1, -0.05) is 64.3 Å². The summed E-state index contributed by atoms with van der Waals surface area (Å²) in [6, 6.07) is 12.7. The second kappa shape index (κ2) is 12.6. The van der Waals surface area contributed by atoms with Gasteiger partial charge in [0.2, 0.25) is 11.8 Å². The lowest BCUT2D eigenvalue weighted by molar-refractivity contribution is -0.139. The number of hydrogen-bond donors (Lipinski definition) is 1. The van der Waals surface area contributed by atoms with Gasteiger partial charge in [0.05, 0.1) is 15.8 Å². The third-order valence-electron chi connectivity index (χ3n) is 4.48. The van der Waals surface area contributed by atoms with E-state index in [4.69, 9.17) is 23.2 Å². The number of halogens is 3. The first-order chi connectivity index (χ1) is 14.3. The zero-order valence-corrected chi connectivity index (χ0v) is 20.9. The lowest BCUT2D eigenvalue weighted by Crippen LogP contribution is -2.49. The van der Waals surface area contributed by atoms with E-state index in [0.717, 1.165) is 21.4 Å². The summed E-state index contributed by atoms with van der Waals surface area (Å²) in [6.07, 6.45) is 0.524. The number of benzene rings is 2. The van der Waals surface area contributed by atoms with Crippen molar-refractivity contribution in [2.24, 2.45) is 0 Å². The second-order valence-corrected chi connectivity index (χ2v) is 9.42. The summed E-state index contributed by atoms with van der Waals surface area (Å²) in [6.45, 7) is 4.58. The third kappa shape index (κ3) is 7.49. The molecule has 1 N–H and O–H groups in total. The van der Waals surface area contributed by atoms with Gasteiger partial charge in [0, 0.05) is 23.3 Å². The predicted molar refractivity (Wildman–Crippen MR) is 130 cm³/mol. The lowest BCUT2D eigenvalue weighted by atomic mass is 10.1. The van der Waals surface area contributed by atoms with Crippen molar-refractivity contribution in [2.75, 3.05) is 12.3 Å². The van der Waals surface area contributed by atoms with E-state index in [-0.39, 0.29) is 17.6 Å². The molecule has 0 aliphatic rings. The van der Waals surface area contributed by atoms with Crippen LogP contribution in [0.5, 0.6) is 0 Å². The summed E-state index contributed by atoms with van der Waals surface area (Å²) in [5, 5.41) is 3.72. The number of thioether (sulfide) groups is 1. The minimum Gasteiger partial charge on any atom is -0.355 e. The van der Waals surface area contributed by atoms with Crippen LogP contribution in [-0.2, 0) is 21.9 Å². The average molecular weight is 532 g/mol. The molecule has 30 heavy (non-hydrogen) atoms. The zero-order valence-electron chi connectivity index (χ0n) is 17.0. The van der Waals surface area contributed by atoms with E-state index in [0.29, 0.717) is 29.6 Å². The van der Waals surface area contributed by atoms with Gasteiger partial charge in [-0.15, -0.1) is 11.8 Å². The van der Waals surface area contributed by atoms with Crippen LogP contribution in [0.3, 0.4) is 0 Å². The molecule has 2 aromatic carbocycles. The molecule has 1 atom stereocenters. The van der Waals surface area contributed by atoms with E-state index in [1.54, 1.807) is 17.0 Å². The third-order valence-corrected chi connectivity index (χ3v) is 6.74. The highest BCUT2D eigenvalue weighted by Gasteiger charge is 2.28. The van der Waals surface area contributed by atoms with Crippen LogP contribution in [0.15, 0.2) is 46.9 Å². The van der Waals surface area contributed by atoms with E-state index in [1.165, 1.54) is 11.8 Å². The monoisotopic (exact) mass is 530 g/mol. The van der Waals surface area contributed by atoms with Gasteiger partial charge < -0.3 is 10.2 Å². The molecular formula is C22H25BrCl2N2O2S. The lowest BCUT2D eigenvalue weighted by Gasteiger charge is -2.30. The van der Waals surface area contributed by atoms with Crippen molar-refractivity contribution < 1.29 is 9.59 Å². The van der Waals surface area contributed by atoms with Crippen LogP contribution in [0.25, 0.3) is 0 Å². The molecule has 0 spiro atoms. The van der Waals surface area contributed by atoms with Gasteiger partial charge in [-0.2, -0.15) is 0 Å². The number of rotatable bonds is 10. The summed E-state index contributed by atoms with van der Waals surface area (Å²) in [5.74, 6) is 0.776. The van der Waals surface area contributed by atoms with E-state index in [2.05, 4.69) is 21.2 Å². The minimum absolute atomic E-state index is 0.0821. The van der Waals surface area contributed by atoms with E-state index in [1.807, 2.05) is 44.2 Å². The van der Waals surface area contributed by atoms with E-state index >= 15 is 0 Å². The molecule has 0 fully saturated rings. The van der Waals surface area contributed by atoms with Crippen molar-refractivity contribution in [1.82, 2.24) is 10.2 Å². The molecular weight excluding hydrogens is 507 g/mol. The van der Waals surface area contributed by atoms with E-state index < -0.39 is 6.04 Å². The summed E-state index contributed by atoms with van der Waals surface area (Å²) in [7, 11) is 0. The number of amides is 2. The quantitative estimate of drug-likeness (QED) is 0.413. The van der Waals surface area contributed by atoms with Crippen LogP contribution in [0.2, 0.25) is 10.0 Å². The van der Waals surface area contributed by atoms with Crippen molar-refractivity contribution in [3.05, 3.63) is 68.1 Å². The van der Waals surface area contributed by atoms with Gasteiger partial charge in [-0.3, -0.25) is 9.59 Å².